The normalized spacial score (nSPS) is 14.7. The first-order chi connectivity index (χ1) is 15.8. The van der Waals surface area contributed by atoms with Gasteiger partial charge in [0.05, 0.1) is 6.61 Å². The Balaban J connectivity index is 1.42. The molecule has 2 aromatic carbocycles. The predicted molar refractivity (Wildman–Crippen MR) is 132 cm³/mol. The van der Waals surface area contributed by atoms with Crippen LogP contribution in [0, 0.1) is 5.92 Å². The highest BCUT2D eigenvalue weighted by Crippen LogP contribution is 2.32. The highest BCUT2D eigenvalue weighted by molar-refractivity contribution is 6.31. The summed E-state index contributed by atoms with van der Waals surface area (Å²) >= 11 is 6.25. The van der Waals surface area contributed by atoms with Crippen molar-refractivity contribution in [3.05, 3.63) is 64.2 Å². The molecule has 0 fully saturated rings. The second-order valence-corrected chi connectivity index (χ2v) is 9.94. The lowest BCUT2D eigenvalue weighted by Gasteiger charge is -2.30. The lowest BCUT2D eigenvalue weighted by molar-refractivity contribution is -0.143. The minimum absolute atomic E-state index is 0.0752. The van der Waals surface area contributed by atoms with Gasteiger partial charge in [0.15, 0.2) is 0 Å². The van der Waals surface area contributed by atoms with E-state index in [1.807, 2.05) is 6.07 Å². The number of nitrogens with one attached hydrogen (secondary N) is 1. The second kappa shape index (κ2) is 11.9. The third-order valence-electron chi connectivity index (χ3n) is 6.11. The fourth-order valence-corrected chi connectivity index (χ4v) is 4.75. The molecule has 6 heteroatoms. The van der Waals surface area contributed by atoms with Crippen LogP contribution in [0.2, 0.25) is 5.02 Å². The molecular formula is C27H36ClNO4. The molecule has 0 amide bonds. The van der Waals surface area contributed by atoms with E-state index >= 15 is 0 Å². The maximum Gasteiger partial charge on any atom is 0.306 e. The van der Waals surface area contributed by atoms with Gasteiger partial charge < -0.3 is 19.9 Å². The van der Waals surface area contributed by atoms with E-state index in [9.17, 15) is 9.90 Å². The summed E-state index contributed by atoms with van der Waals surface area (Å²) in [6, 6.07) is 14.0. The maximum atomic E-state index is 11.6. The zero-order valence-corrected chi connectivity index (χ0v) is 20.7. The standard InChI is InChI=1S/C27H36ClNO4/c1-4-32-26(31)12-9-22-15-24(10-11-25(22)28)33-18-23(30)17-29-27(2,3)16-19-13-20-7-5-6-8-21(20)14-19/h5-8,10-11,15,19,23,29-30H,4,9,12-14,16-18H2,1-3H3/t23-/m1/s1. The van der Waals surface area contributed by atoms with Gasteiger partial charge in [-0.3, -0.25) is 4.79 Å². The zero-order valence-electron chi connectivity index (χ0n) is 19.9. The summed E-state index contributed by atoms with van der Waals surface area (Å²) < 4.78 is 10.8. The van der Waals surface area contributed by atoms with Crippen LogP contribution in [0.25, 0.3) is 0 Å². The largest absolute Gasteiger partial charge is 0.491 e. The maximum absolute atomic E-state index is 11.6. The molecule has 0 bridgehead atoms. The lowest BCUT2D eigenvalue weighted by atomic mass is 9.88. The van der Waals surface area contributed by atoms with Crippen LogP contribution in [-0.2, 0) is 28.8 Å². The summed E-state index contributed by atoms with van der Waals surface area (Å²) in [7, 11) is 0. The first-order valence-electron chi connectivity index (χ1n) is 11.8. The number of benzene rings is 2. The molecule has 2 aromatic rings. The van der Waals surface area contributed by atoms with Gasteiger partial charge >= 0.3 is 5.97 Å². The Hall–Kier alpha value is -2.08. The van der Waals surface area contributed by atoms with Crippen molar-refractivity contribution in [2.24, 2.45) is 5.92 Å². The van der Waals surface area contributed by atoms with Crippen LogP contribution in [0.3, 0.4) is 0 Å². The molecule has 0 heterocycles. The number of rotatable bonds is 12. The molecule has 1 atom stereocenters. The number of aliphatic hydroxyl groups is 1. The molecule has 2 N–H and O–H groups in total. The number of aliphatic hydroxyl groups excluding tert-OH is 1. The zero-order chi connectivity index (χ0) is 23.8. The monoisotopic (exact) mass is 473 g/mol. The van der Waals surface area contributed by atoms with E-state index in [0.29, 0.717) is 36.3 Å². The highest BCUT2D eigenvalue weighted by atomic mass is 35.5. The molecule has 0 unspecified atom stereocenters. The molecule has 0 aromatic heterocycles. The summed E-state index contributed by atoms with van der Waals surface area (Å²) in [5, 5.41) is 14.6. The molecule has 0 saturated heterocycles. The molecule has 5 nitrogen and oxygen atoms in total. The van der Waals surface area contributed by atoms with Crippen molar-refractivity contribution in [3.8, 4) is 5.75 Å². The number of ether oxygens (including phenoxy) is 2. The fraction of sp³-hybridized carbons (Fsp3) is 0.519. The summed E-state index contributed by atoms with van der Waals surface area (Å²) in [6.07, 6.45) is 3.42. The van der Waals surface area contributed by atoms with Crippen LogP contribution < -0.4 is 10.1 Å². The molecule has 180 valence electrons. The van der Waals surface area contributed by atoms with E-state index in [2.05, 4.69) is 43.4 Å². The number of carbonyl (C=O) groups excluding carboxylic acids is 1. The molecule has 3 rings (SSSR count). The summed E-state index contributed by atoms with van der Waals surface area (Å²) in [6.45, 7) is 7.17. The summed E-state index contributed by atoms with van der Waals surface area (Å²) in [5.74, 6) is 1.01. The van der Waals surface area contributed by atoms with Gasteiger partial charge in [0.1, 0.15) is 18.5 Å². The van der Waals surface area contributed by atoms with Crippen LogP contribution in [0.5, 0.6) is 5.75 Å². The SMILES string of the molecule is CCOC(=O)CCc1cc(OC[C@H](O)CNC(C)(C)CC2Cc3ccccc3C2)ccc1Cl. The first-order valence-corrected chi connectivity index (χ1v) is 12.2. The van der Waals surface area contributed by atoms with Gasteiger partial charge in [-0.1, -0.05) is 35.9 Å². The average Bonchev–Trinajstić information content (AvgIpc) is 3.18. The molecule has 0 spiro atoms. The van der Waals surface area contributed by atoms with Gasteiger partial charge in [-0.15, -0.1) is 0 Å². The van der Waals surface area contributed by atoms with Crippen LogP contribution in [0.1, 0.15) is 50.3 Å². The van der Waals surface area contributed by atoms with Gasteiger partial charge in [-0.05, 0) is 87.3 Å². The molecule has 0 saturated carbocycles. The number of fused-ring (bicyclic) bond motifs is 1. The van der Waals surface area contributed by atoms with Gasteiger partial charge in [0.2, 0.25) is 0 Å². The number of hydrogen-bond acceptors (Lipinski definition) is 5. The fourth-order valence-electron chi connectivity index (χ4n) is 4.54. The molecule has 0 radical (unpaired) electrons. The van der Waals surface area contributed by atoms with E-state index in [4.69, 9.17) is 21.1 Å². The topological polar surface area (TPSA) is 67.8 Å². The Morgan fingerprint density at radius 3 is 2.58 bits per heavy atom. The average molecular weight is 474 g/mol. The first kappa shape index (κ1) is 25.5. The van der Waals surface area contributed by atoms with Crippen molar-refractivity contribution in [2.45, 2.75) is 64.5 Å². The number of β-amino-alcohol motifs (C(OH)–C–C–N with tert-alkyl or cyclic N) is 1. The third kappa shape index (κ3) is 8.02. The Morgan fingerprint density at radius 2 is 1.91 bits per heavy atom. The van der Waals surface area contributed by atoms with Crippen molar-refractivity contribution in [1.29, 1.82) is 0 Å². The smallest absolute Gasteiger partial charge is 0.306 e. The number of carbonyl (C=O) groups is 1. The van der Waals surface area contributed by atoms with Crippen LogP contribution >= 0.6 is 11.6 Å². The van der Waals surface area contributed by atoms with Gasteiger partial charge in [0.25, 0.3) is 0 Å². The van der Waals surface area contributed by atoms with Gasteiger partial charge in [-0.2, -0.15) is 0 Å². The second-order valence-electron chi connectivity index (χ2n) is 9.53. The Labute approximate surface area is 202 Å². The molecule has 33 heavy (non-hydrogen) atoms. The van der Waals surface area contributed by atoms with E-state index in [1.54, 1.807) is 19.1 Å². The van der Waals surface area contributed by atoms with Crippen LogP contribution in [-0.4, -0.2) is 42.5 Å². The third-order valence-corrected chi connectivity index (χ3v) is 6.48. The van der Waals surface area contributed by atoms with Crippen molar-refractivity contribution in [3.63, 3.8) is 0 Å². The van der Waals surface area contributed by atoms with Crippen LogP contribution in [0.15, 0.2) is 42.5 Å². The molecular weight excluding hydrogens is 438 g/mol. The predicted octanol–water partition coefficient (Wildman–Crippen LogP) is 4.75. The van der Waals surface area contributed by atoms with E-state index in [-0.39, 0.29) is 24.5 Å². The quantitative estimate of drug-likeness (QED) is 0.435. The number of esters is 1. The summed E-state index contributed by atoms with van der Waals surface area (Å²) in [5.41, 5.74) is 3.69. The Bertz CT molecular complexity index is 905. The Morgan fingerprint density at radius 1 is 1.21 bits per heavy atom. The van der Waals surface area contributed by atoms with E-state index in [0.717, 1.165) is 24.8 Å². The van der Waals surface area contributed by atoms with E-state index < -0.39 is 6.10 Å². The number of hydrogen-bond donors (Lipinski definition) is 2. The number of aryl methyl sites for hydroxylation is 1. The molecule has 1 aliphatic rings. The van der Waals surface area contributed by atoms with Crippen molar-refractivity contribution in [2.75, 3.05) is 19.8 Å². The van der Waals surface area contributed by atoms with Gasteiger partial charge in [0, 0.05) is 23.5 Å². The summed E-state index contributed by atoms with van der Waals surface area (Å²) in [4.78, 5) is 11.6. The minimum atomic E-state index is -0.635. The number of halogens is 1. The molecule has 1 aliphatic carbocycles. The van der Waals surface area contributed by atoms with E-state index in [1.165, 1.54) is 11.1 Å². The van der Waals surface area contributed by atoms with Crippen molar-refractivity contribution < 1.29 is 19.4 Å². The van der Waals surface area contributed by atoms with Crippen LogP contribution in [0.4, 0.5) is 0 Å². The molecule has 0 aliphatic heterocycles. The Kier molecular flexibility index (Phi) is 9.19. The minimum Gasteiger partial charge on any atom is -0.491 e. The highest BCUT2D eigenvalue weighted by Gasteiger charge is 2.28. The van der Waals surface area contributed by atoms with Gasteiger partial charge in [-0.25, -0.2) is 0 Å². The van der Waals surface area contributed by atoms with Crippen molar-refractivity contribution in [1.82, 2.24) is 5.32 Å². The lowest BCUT2D eigenvalue weighted by Crippen LogP contribution is -2.46. The van der Waals surface area contributed by atoms with Crippen molar-refractivity contribution >= 4 is 17.6 Å².